The van der Waals surface area contributed by atoms with Crippen LogP contribution in [0.4, 0.5) is 0 Å². The Hall–Kier alpha value is -0.170. The fourth-order valence-corrected chi connectivity index (χ4v) is 5.38. The Morgan fingerprint density at radius 1 is 1.44 bits per heavy atom. The second-order valence-electron chi connectivity index (χ2n) is 5.65. The fourth-order valence-electron chi connectivity index (χ4n) is 3.61. The summed E-state index contributed by atoms with van der Waals surface area (Å²) < 4.78 is 29.4. The largest absolute Gasteiger partial charge is 0.380 e. The van der Waals surface area contributed by atoms with E-state index in [2.05, 4.69) is 4.90 Å². The minimum atomic E-state index is -3.06. The van der Waals surface area contributed by atoms with Crippen LogP contribution in [-0.4, -0.2) is 63.2 Å². The van der Waals surface area contributed by atoms with E-state index in [1.165, 1.54) is 6.26 Å². The van der Waals surface area contributed by atoms with E-state index in [9.17, 15) is 8.42 Å². The quantitative estimate of drug-likeness (QED) is 0.782. The highest BCUT2D eigenvalue weighted by Gasteiger charge is 2.51. The number of nitrogens with two attached hydrogens (primary N) is 1. The molecule has 106 valence electrons. The first-order chi connectivity index (χ1) is 8.42. The second-order valence-corrected chi connectivity index (χ2v) is 7.87. The average molecular weight is 276 g/mol. The van der Waals surface area contributed by atoms with E-state index in [1.807, 2.05) is 7.05 Å². The lowest BCUT2D eigenvalue weighted by molar-refractivity contribution is 0.0721. The van der Waals surface area contributed by atoms with Crippen LogP contribution in [0.1, 0.15) is 25.7 Å². The Balaban J connectivity index is 2.28. The molecule has 0 aromatic rings. The lowest BCUT2D eigenvalue weighted by Gasteiger charge is -2.44. The van der Waals surface area contributed by atoms with Crippen molar-refractivity contribution < 1.29 is 13.2 Å². The third kappa shape index (κ3) is 2.31. The second kappa shape index (κ2) is 5.07. The van der Waals surface area contributed by atoms with E-state index < -0.39 is 15.4 Å². The van der Waals surface area contributed by atoms with Crippen molar-refractivity contribution in [2.75, 3.05) is 33.1 Å². The molecule has 0 aromatic carbocycles. The van der Waals surface area contributed by atoms with Crippen LogP contribution in [0.3, 0.4) is 0 Å². The van der Waals surface area contributed by atoms with Gasteiger partial charge < -0.3 is 10.5 Å². The predicted octanol–water partition coefficient (Wildman–Crippen LogP) is 0.00170. The minimum absolute atomic E-state index is 0.302. The summed E-state index contributed by atoms with van der Waals surface area (Å²) in [5.41, 5.74) is 5.58. The van der Waals surface area contributed by atoms with Crippen molar-refractivity contribution in [2.24, 2.45) is 5.73 Å². The molecule has 1 heterocycles. The molecule has 3 atom stereocenters. The SMILES string of the molecule is CN(C1CCOC1)C1(CN)CCCC1S(C)(=O)=O. The molecule has 1 aliphatic carbocycles. The molecular formula is C12H24N2O3S. The van der Waals surface area contributed by atoms with Gasteiger partial charge in [-0.3, -0.25) is 4.90 Å². The van der Waals surface area contributed by atoms with Crippen molar-refractivity contribution in [3.05, 3.63) is 0 Å². The van der Waals surface area contributed by atoms with E-state index in [-0.39, 0.29) is 5.25 Å². The standard InChI is InChI=1S/C12H24N2O3S/c1-14(10-5-7-17-8-10)12(9-13)6-3-4-11(12)18(2,15)16/h10-11H,3-9,13H2,1-2H3. The summed E-state index contributed by atoms with van der Waals surface area (Å²) in [5, 5.41) is -0.333. The number of rotatable bonds is 4. The number of nitrogens with zero attached hydrogens (tertiary/aromatic N) is 1. The van der Waals surface area contributed by atoms with Crippen LogP contribution >= 0.6 is 0 Å². The smallest absolute Gasteiger partial charge is 0.152 e. The topological polar surface area (TPSA) is 72.6 Å². The maximum atomic E-state index is 12.0. The lowest BCUT2D eigenvalue weighted by atomic mass is 9.93. The molecule has 2 fully saturated rings. The van der Waals surface area contributed by atoms with Gasteiger partial charge in [0.25, 0.3) is 0 Å². The molecule has 0 aromatic heterocycles. The average Bonchev–Trinajstić information content (AvgIpc) is 2.97. The van der Waals surface area contributed by atoms with Crippen LogP contribution in [0.2, 0.25) is 0 Å². The van der Waals surface area contributed by atoms with Gasteiger partial charge in [-0.05, 0) is 26.3 Å². The van der Waals surface area contributed by atoms with E-state index in [4.69, 9.17) is 10.5 Å². The normalized spacial score (nSPS) is 37.6. The first-order valence-electron chi connectivity index (χ1n) is 6.61. The van der Waals surface area contributed by atoms with Gasteiger partial charge in [-0.1, -0.05) is 6.42 Å². The molecule has 1 aliphatic heterocycles. The molecule has 0 radical (unpaired) electrons. The van der Waals surface area contributed by atoms with Gasteiger partial charge in [-0.25, -0.2) is 8.42 Å². The Labute approximate surface area is 110 Å². The summed E-state index contributed by atoms with van der Waals surface area (Å²) >= 11 is 0. The van der Waals surface area contributed by atoms with Gasteiger partial charge in [0.2, 0.25) is 0 Å². The molecule has 0 amide bonds. The summed E-state index contributed by atoms with van der Waals surface area (Å²) in [7, 11) is -1.05. The van der Waals surface area contributed by atoms with Crippen molar-refractivity contribution in [3.8, 4) is 0 Å². The number of hydrogen-bond acceptors (Lipinski definition) is 5. The highest BCUT2D eigenvalue weighted by atomic mass is 32.2. The highest BCUT2D eigenvalue weighted by Crippen LogP contribution is 2.40. The Kier molecular flexibility index (Phi) is 4.02. The molecule has 1 saturated heterocycles. The van der Waals surface area contributed by atoms with Crippen LogP contribution in [-0.2, 0) is 14.6 Å². The van der Waals surface area contributed by atoms with Crippen LogP contribution in [0, 0.1) is 0 Å². The zero-order valence-corrected chi connectivity index (χ0v) is 12.1. The zero-order valence-electron chi connectivity index (χ0n) is 11.3. The Morgan fingerprint density at radius 2 is 2.17 bits per heavy atom. The van der Waals surface area contributed by atoms with E-state index in [1.54, 1.807) is 0 Å². The molecule has 2 N–H and O–H groups in total. The number of sulfone groups is 1. The summed E-state index contributed by atoms with van der Waals surface area (Å²) in [6.07, 6.45) is 4.84. The summed E-state index contributed by atoms with van der Waals surface area (Å²) in [6.45, 7) is 1.85. The third-order valence-electron chi connectivity index (χ3n) is 4.70. The van der Waals surface area contributed by atoms with Gasteiger partial charge in [0.05, 0.1) is 11.9 Å². The maximum absolute atomic E-state index is 12.0. The minimum Gasteiger partial charge on any atom is -0.380 e. The molecule has 6 heteroatoms. The molecule has 0 spiro atoms. The van der Waals surface area contributed by atoms with E-state index in [0.29, 0.717) is 19.2 Å². The molecule has 2 rings (SSSR count). The molecule has 3 unspecified atom stereocenters. The molecule has 0 bridgehead atoms. The van der Waals surface area contributed by atoms with Crippen LogP contribution in [0.25, 0.3) is 0 Å². The van der Waals surface area contributed by atoms with Crippen molar-refractivity contribution in [2.45, 2.75) is 42.5 Å². The van der Waals surface area contributed by atoms with Gasteiger partial charge in [-0.15, -0.1) is 0 Å². The fraction of sp³-hybridized carbons (Fsp3) is 1.00. The number of hydrogen-bond donors (Lipinski definition) is 1. The first-order valence-corrected chi connectivity index (χ1v) is 8.57. The van der Waals surface area contributed by atoms with Gasteiger partial charge in [0.1, 0.15) is 0 Å². The van der Waals surface area contributed by atoms with Crippen molar-refractivity contribution >= 4 is 9.84 Å². The van der Waals surface area contributed by atoms with Gasteiger partial charge >= 0.3 is 0 Å². The maximum Gasteiger partial charge on any atom is 0.152 e. The Morgan fingerprint density at radius 3 is 2.67 bits per heavy atom. The van der Waals surface area contributed by atoms with E-state index >= 15 is 0 Å². The van der Waals surface area contributed by atoms with Gasteiger partial charge in [-0.2, -0.15) is 0 Å². The summed E-state index contributed by atoms with van der Waals surface area (Å²) in [4.78, 5) is 2.19. The molecule has 5 nitrogen and oxygen atoms in total. The van der Waals surface area contributed by atoms with Crippen LogP contribution in [0.15, 0.2) is 0 Å². The predicted molar refractivity (Wildman–Crippen MR) is 71.3 cm³/mol. The molecule has 1 saturated carbocycles. The van der Waals surface area contributed by atoms with Gasteiger partial charge in [0, 0.05) is 31.0 Å². The van der Waals surface area contributed by atoms with Gasteiger partial charge in [0.15, 0.2) is 9.84 Å². The first kappa shape index (κ1) is 14.2. The Bertz CT molecular complexity index is 392. The van der Waals surface area contributed by atoms with E-state index in [0.717, 1.165) is 32.3 Å². The van der Waals surface area contributed by atoms with Crippen molar-refractivity contribution in [1.82, 2.24) is 4.90 Å². The monoisotopic (exact) mass is 276 g/mol. The molecule has 18 heavy (non-hydrogen) atoms. The summed E-state index contributed by atoms with van der Waals surface area (Å²) in [5.74, 6) is 0. The molecule has 2 aliphatic rings. The molecular weight excluding hydrogens is 252 g/mol. The summed E-state index contributed by atoms with van der Waals surface area (Å²) in [6, 6.07) is 0.302. The van der Waals surface area contributed by atoms with Crippen LogP contribution < -0.4 is 5.73 Å². The van der Waals surface area contributed by atoms with Crippen molar-refractivity contribution in [3.63, 3.8) is 0 Å². The zero-order chi connectivity index (χ0) is 13.4. The number of likely N-dealkylation sites (N-methyl/N-ethyl adjacent to an activating group) is 1. The van der Waals surface area contributed by atoms with Crippen LogP contribution in [0.5, 0.6) is 0 Å². The van der Waals surface area contributed by atoms with Crippen molar-refractivity contribution in [1.29, 1.82) is 0 Å². The third-order valence-corrected chi connectivity index (χ3v) is 6.41. The number of ether oxygens (including phenoxy) is 1. The highest BCUT2D eigenvalue weighted by molar-refractivity contribution is 7.91. The lowest BCUT2D eigenvalue weighted by Crippen LogP contribution is -2.62.